The van der Waals surface area contributed by atoms with Crippen LogP contribution >= 0.6 is 0 Å². The Morgan fingerprint density at radius 1 is 1.15 bits per heavy atom. The molecule has 2 aliphatic heterocycles. The fraction of sp³-hybridized carbons (Fsp3) is 0.476. The number of aromatic nitrogens is 1. The fourth-order valence-electron chi connectivity index (χ4n) is 3.81. The van der Waals surface area contributed by atoms with Crippen LogP contribution in [0.1, 0.15) is 30.1 Å². The van der Waals surface area contributed by atoms with Crippen molar-refractivity contribution in [1.29, 1.82) is 0 Å². The van der Waals surface area contributed by atoms with E-state index < -0.39 is 0 Å². The lowest BCUT2D eigenvalue weighted by Gasteiger charge is -2.32. The molecule has 2 aromatic rings. The third-order valence-corrected chi connectivity index (χ3v) is 5.34. The molecule has 0 aliphatic carbocycles. The Morgan fingerprint density at radius 3 is 2.73 bits per heavy atom. The molecule has 1 unspecified atom stereocenters. The van der Waals surface area contributed by atoms with E-state index in [1.807, 2.05) is 19.2 Å². The van der Waals surface area contributed by atoms with Gasteiger partial charge in [-0.25, -0.2) is 4.98 Å². The Labute approximate surface area is 155 Å². The topological polar surface area (TPSA) is 46.6 Å². The van der Waals surface area contributed by atoms with E-state index >= 15 is 0 Å². The second-order valence-electron chi connectivity index (χ2n) is 7.24. The first-order valence-corrected chi connectivity index (χ1v) is 9.52. The fourth-order valence-corrected chi connectivity index (χ4v) is 3.81. The number of ether oxygens (including phenoxy) is 2. The van der Waals surface area contributed by atoms with Crippen molar-refractivity contribution in [2.45, 2.75) is 25.5 Å². The Kier molecular flexibility index (Phi) is 5.37. The molecular formula is C21H27N3O2. The first-order chi connectivity index (χ1) is 12.8. The summed E-state index contributed by atoms with van der Waals surface area (Å²) < 4.78 is 11.8. The van der Waals surface area contributed by atoms with Crippen LogP contribution in [-0.2, 0) is 6.54 Å². The van der Waals surface area contributed by atoms with Gasteiger partial charge in [0.2, 0.25) is 0 Å². The summed E-state index contributed by atoms with van der Waals surface area (Å²) in [6.07, 6.45) is 4.22. The average Bonchev–Trinajstić information content (AvgIpc) is 2.70. The summed E-state index contributed by atoms with van der Waals surface area (Å²) in [6, 6.07) is 12.5. The maximum Gasteiger partial charge on any atom is 0.257 e. The molecule has 0 spiro atoms. The molecule has 4 rings (SSSR count). The summed E-state index contributed by atoms with van der Waals surface area (Å²) in [6.45, 7) is 5.08. The molecule has 0 bridgehead atoms. The number of benzene rings is 1. The molecule has 2 aliphatic rings. The summed E-state index contributed by atoms with van der Waals surface area (Å²) in [7, 11) is 2.05. The van der Waals surface area contributed by atoms with E-state index in [1.165, 1.54) is 31.5 Å². The standard InChI is InChI=1S/C21H27N3O2/c1-22-13-16-8-11-24(12-9-16)14-17-4-6-18(7-5-17)20-15-25-19-3-2-10-23-21(19)26-20/h2-7,10,16,20,22H,8-9,11-15H2,1H3. The lowest BCUT2D eigenvalue weighted by atomic mass is 9.96. The van der Waals surface area contributed by atoms with Crippen molar-refractivity contribution < 1.29 is 9.47 Å². The summed E-state index contributed by atoms with van der Waals surface area (Å²) in [5, 5.41) is 3.30. The number of piperidine rings is 1. The van der Waals surface area contributed by atoms with E-state index in [0.717, 1.165) is 30.3 Å². The molecule has 5 heteroatoms. The van der Waals surface area contributed by atoms with Crippen LogP contribution in [0.25, 0.3) is 0 Å². The molecule has 3 heterocycles. The van der Waals surface area contributed by atoms with Gasteiger partial charge in [0.25, 0.3) is 5.88 Å². The summed E-state index contributed by atoms with van der Waals surface area (Å²) in [4.78, 5) is 6.81. The zero-order valence-corrected chi connectivity index (χ0v) is 15.4. The Hall–Kier alpha value is -2.11. The van der Waals surface area contributed by atoms with Crippen molar-refractivity contribution in [3.05, 3.63) is 53.7 Å². The highest BCUT2D eigenvalue weighted by Gasteiger charge is 2.23. The van der Waals surface area contributed by atoms with Crippen LogP contribution in [0.2, 0.25) is 0 Å². The quantitative estimate of drug-likeness (QED) is 0.895. The number of likely N-dealkylation sites (tertiary alicyclic amines) is 1. The van der Waals surface area contributed by atoms with Crippen molar-refractivity contribution in [3.8, 4) is 11.6 Å². The van der Waals surface area contributed by atoms with Crippen molar-refractivity contribution in [1.82, 2.24) is 15.2 Å². The third-order valence-electron chi connectivity index (χ3n) is 5.34. The minimum atomic E-state index is -0.0938. The predicted octanol–water partition coefficient (Wildman–Crippen LogP) is 3.03. The van der Waals surface area contributed by atoms with Gasteiger partial charge in [0.1, 0.15) is 6.61 Å². The Bertz CT molecular complexity index is 711. The molecule has 1 aromatic carbocycles. The summed E-state index contributed by atoms with van der Waals surface area (Å²) in [5.41, 5.74) is 2.49. The molecule has 0 radical (unpaired) electrons. The zero-order chi connectivity index (χ0) is 17.8. The average molecular weight is 353 g/mol. The normalized spacial score (nSPS) is 20.9. The summed E-state index contributed by atoms with van der Waals surface area (Å²) in [5.74, 6) is 2.14. The number of hydrogen-bond acceptors (Lipinski definition) is 5. The molecule has 26 heavy (non-hydrogen) atoms. The summed E-state index contributed by atoms with van der Waals surface area (Å²) >= 11 is 0. The number of hydrogen-bond donors (Lipinski definition) is 1. The van der Waals surface area contributed by atoms with Crippen LogP contribution in [0.5, 0.6) is 11.6 Å². The molecular weight excluding hydrogens is 326 g/mol. The van der Waals surface area contributed by atoms with Crippen molar-refractivity contribution in [2.75, 3.05) is 33.3 Å². The molecule has 5 nitrogen and oxygen atoms in total. The van der Waals surface area contributed by atoms with Crippen LogP contribution in [0.4, 0.5) is 0 Å². The minimum Gasteiger partial charge on any atom is -0.484 e. The van der Waals surface area contributed by atoms with Gasteiger partial charge in [0, 0.05) is 12.7 Å². The molecule has 0 saturated carbocycles. The lowest BCUT2D eigenvalue weighted by Crippen LogP contribution is -2.36. The highest BCUT2D eigenvalue weighted by atomic mass is 16.6. The monoisotopic (exact) mass is 353 g/mol. The van der Waals surface area contributed by atoms with Crippen LogP contribution in [0.3, 0.4) is 0 Å². The predicted molar refractivity (Wildman–Crippen MR) is 101 cm³/mol. The number of rotatable bonds is 5. The largest absolute Gasteiger partial charge is 0.484 e. The minimum absolute atomic E-state index is 0.0938. The van der Waals surface area contributed by atoms with E-state index in [0.29, 0.717) is 12.5 Å². The van der Waals surface area contributed by atoms with Crippen LogP contribution < -0.4 is 14.8 Å². The second-order valence-corrected chi connectivity index (χ2v) is 7.24. The number of nitrogens with one attached hydrogen (secondary N) is 1. The lowest BCUT2D eigenvalue weighted by molar-refractivity contribution is 0.0850. The molecule has 1 fully saturated rings. The third kappa shape index (κ3) is 4.00. The van der Waals surface area contributed by atoms with E-state index in [-0.39, 0.29) is 6.10 Å². The molecule has 138 valence electrons. The van der Waals surface area contributed by atoms with Crippen molar-refractivity contribution >= 4 is 0 Å². The van der Waals surface area contributed by atoms with E-state index in [2.05, 4.69) is 39.5 Å². The van der Waals surface area contributed by atoms with Crippen LogP contribution in [-0.4, -0.2) is 43.2 Å². The maximum atomic E-state index is 5.99. The molecule has 0 amide bonds. The number of pyridine rings is 1. The van der Waals surface area contributed by atoms with Crippen LogP contribution in [0, 0.1) is 5.92 Å². The highest BCUT2D eigenvalue weighted by molar-refractivity contribution is 5.35. The Balaban J connectivity index is 1.33. The zero-order valence-electron chi connectivity index (χ0n) is 15.4. The van der Waals surface area contributed by atoms with Gasteiger partial charge in [0.05, 0.1) is 0 Å². The molecule has 1 saturated heterocycles. The van der Waals surface area contributed by atoms with Gasteiger partial charge in [-0.05, 0) is 68.7 Å². The van der Waals surface area contributed by atoms with Crippen molar-refractivity contribution in [2.24, 2.45) is 5.92 Å². The smallest absolute Gasteiger partial charge is 0.257 e. The van der Waals surface area contributed by atoms with E-state index in [1.54, 1.807) is 6.20 Å². The van der Waals surface area contributed by atoms with E-state index in [4.69, 9.17) is 9.47 Å². The second kappa shape index (κ2) is 8.06. The first kappa shape index (κ1) is 17.3. The van der Waals surface area contributed by atoms with E-state index in [9.17, 15) is 0 Å². The van der Waals surface area contributed by atoms with Gasteiger partial charge in [-0.2, -0.15) is 0 Å². The maximum absolute atomic E-state index is 5.99. The van der Waals surface area contributed by atoms with Crippen LogP contribution in [0.15, 0.2) is 42.6 Å². The van der Waals surface area contributed by atoms with Gasteiger partial charge >= 0.3 is 0 Å². The number of nitrogens with zero attached hydrogens (tertiary/aromatic N) is 2. The first-order valence-electron chi connectivity index (χ1n) is 9.52. The van der Waals surface area contributed by atoms with Gasteiger partial charge in [-0.1, -0.05) is 24.3 Å². The highest BCUT2D eigenvalue weighted by Crippen LogP contribution is 2.34. The van der Waals surface area contributed by atoms with Gasteiger partial charge < -0.3 is 14.8 Å². The van der Waals surface area contributed by atoms with Gasteiger partial charge in [-0.3, -0.25) is 4.90 Å². The molecule has 1 atom stereocenters. The van der Waals surface area contributed by atoms with Gasteiger partial charge in [0.15, 0.2) is 11.9 Å². The molecule has 1 N–H and O–H groups in total. The van der Waals surface area contributed by atoms with Crippen molar-refractivity contribution in [3.63, 3.8) is 0 Å². The van der Waals surface area contributed by atoms with Gasteiger partial charge in [-0.15, -0.1) is 0 Å². The molecule has 1 aromatic heterocycles. The Morgan fingerprint density at radius 2 is 1.96 bits per heavy atom. The number of fused-ring (bicyclic) bond motifs is 1. The SMILES string of the molecule is CNCC1CCN(Cc2ccc(C3COc4cccnc4O3)cc2)CC1.